The Morgan fingerprint density at radius 2 is 1.67 bits per heavy atom. The Morgan fingerprint density at radius 1 is 1.67 bits per heavy atom. The molecule has 0 unspecified atom stereocenters. The van der Waals surface area contributed by atoms with Crippen LogP contribution in [0.25, 0.3) is 0 Å². The second-order valence-corrected chi connectivity index (χ2v) is 0.238. The number of nitrogens with zero attached hydrogens (tertiary/aromatic N) is 1. The smallest absolute Gasteiger partial charge is 0.291 e. The van der Waals surface area contributed by atoms with Crippen molar-refractivity contribution in [2.24, 2.45) is 0 Å². The van der Waals surface area contributed by atoms with Crippen LogP contribution in [0.4, 0.5) is 0 Å². The summed E-state index contributed by atoms with van der Waals surface area (Å²) in [7, 11) is 0. The summed E-state index contributed by atoms with van der Waals surface area (Å²) in [5, 5.41) is 13.6. The molecule has 0 saturated carbocycles. The summed E-state index contributed by atoms with van der Waals surface area (Å²) in [6.45, 7) is 0. The monoisotopic (exact) mass is 155 g/mol. The van der Waals surface area contributed by atoms with E-state index in [1.54, 1.807) is 0 Å². The first-order valence-corrected chi connectivity index (χ1v) is 0.565. The summed E-state index contributed by atoms with van der Waals surface area (Å²) in [6.07, 6.45) is 0. The van der Waals surface area contributed by atoms with Crippen molar-refractivity contribution >= 4 is 18.0 Å². The summed E-state index contributed by atoms with van der Waals surface area (Å²) in [6, 6.07) is 0. The average Bonchev–Trinajstić information content (AvgIpc) is 0.811. The zero-order valence-electron chi connectivity index (χ0n) is 2.87. The van der Waals surface area contributed by atoms with Gasteiger partial charge in [0.05, 0.1) is 0 Å². The maximum Gasteiger partial charge on any atom is 0.291 e. The molecule has 6 heavy (non-hydrogen) atoms. The van der Waals surface area contributed by atoms with Crippen LogP contribution in [0, 0.1) is 10.1 Å². The van der Waals surface area contributed by atoms with Gasteiger partial charge in [0.15, 0.2) is 0 Å². The van der Waals surface area contributed by atoms with Gasteiger partial charge in [0, 0.05) is 18.0 Å². The number of hydrogen-bond acceptors (Lipinski definition) is 3. The minimum Gasteiger partial charge on any atom is -0.344 e. The molecule has 37 valence electrons. The van der Waals surface area contributed by atoms with Gasteiger partial charge in [-0.15, -0.1) is 10.1 Å². The Morgan fingerprint density at radius 3 is 1.67 bits per heavy atom. The Hall–Kier alpha value is -0.282. The molecule has 0 bridgehead atoms. The Labute approximate surface area is 45.3 Å². The molecule has 0 aromatic heterocycles. The minimum absolute atomic E-state index is 0. The molecular formula is H4AsN2O3. The standard InChI is InChI=1S/As.HNO3.H3N/c;2-1(3)4;/h;(H,2,3,4);1H3. The van der Waals surface area contributed by atoms with Crippen LogP contribution in [-0.2, 0) is 0 Å². The predicted octanol–water partition coefficient (Wildman–Crippen LogP) is -0.567. The fourth-order valence-corrected chi connectivity index (χ4v) is 0. The van der Waals surface area contributed by atoms with Crippen molar-refractivity contribution in [3.63, 3.8) is 0 Å². The van der Waals surface area contributed by atoms with Crippen LogP contribution >= 0.6 is 0 Å². The van der Waals surface area contributed by atoms with Gasteiger partial charge < -0.3 is 11.4 Å². The van der Waals surface area contributed by atoms with Crippen LogP contribution < -0.4 is 6.15 Å². The zero-order valence-corrected chi connectivity index (χ0v) is 4.74. The largest absolute Gasteiger partial charge is 0.344 e. The second-order valence-electron chi connectivity index (χ2n) is 0.238. The SMILES string of the molecule is N.O=[N+]([O-])O.[As]. The van der Waals surface area contributed by atoms with Crippen molar-refractivity contribution in [3.8, 4) is 0 Å². The van der Waals surface area contributed by atoms with Crippen molar-refractivity contribution in [2.75, 3.05) is 0 Å². The molecule has 0 saturated heterocycles. The fraction of sp³-hybridized carbons (Fsp3) is 0. The topological polar surface area (TPSA) is 98.4 Å². The zero-order chi connectivity index (χ0) is 3.58. The molecule has 0 aliphatic rings. The van der Waals surface area contributed by atoms with Gasteiger partial charge in [0.25, 0.3) is 5.09 Å². The number of rotatable bonds is 0. The van der Waals surface area contributed by atoms with Crippen LogP contribution in [0.3, 0.4) is 0 Å². The van der Waals surface area contributed by atoms with Crippen LogP contribution in [0.5, 0.6) is 0 Å². The van der Waals surface area contributed by atoms with E-state index < -0.39 is 5.09 Å². The van der Waals surface area contributed by atoms with E-state index in [9.17, 15) is 0 Å². The summed E-state index contributed by atoms with van der Waals surface area (Å²) >= 11 is 0. The normalized spacial score (nSPS) is 4.00. The first-order valence-electron chi connectivity index (χ1n) is 0.565. The van der Waals surface area contributed by atoms with E-state index in [1.165, 1.54) is 0 Å². The van der Waals surface area contributed by atoms with Crippen molar-refractivity contribution < 1.29 is 10.3 Å². The third kappa shape index (κ3) is 347. The van der Waals surface area contributed by atoms with Gasteiger partial charge in [-0.05, 0) is 0 Å². The molecule has 0 amide bonds. The van der Waals surface area contributed by atoms with Gasteiger partial charge in [0.1, 0.15) is 0 Å². The van der Waals surface area contributed by atoms with E-state index in [0.717, 1.165) is 0 Å². The van der Waals surface area contributed by atoms with Crippen molar-refractivity contribution in [1.82, 2.24) is 6.15 Å². The molecule has 4 N–H and O–H groups in total. The molecule has 0 aromatic rings. The van der Waals surface area contributed by atoms with E-state index in [2.05, 4.69) is 0 Å². The molecule has 3 radical (unpaired) electrons. The van der Waals surface area contributed by atoms with Gasteiger partial charge in [-0.25, -0.2) is 0 Å². The van der Waals surface area contributed by atoms with Crippen molar-refractivity contribution in [3.05, 3.63) is 10.1 Å². The maximum atomic E-state index is 8.36. The molecule has 0 aliphatic heterocycles. The molecule has 0 spiro atoms. The van der Waals surface area contributed by atoms with Gasteiger partial charge in [-0.2, -0.15) is 0 Å². The summed E-state index contributed by atoms with van der Waals surface area (Å²) in [5.74, 6) is 0. The Balaban J connectivity index is -0.0000000450. The number of hydrogen-bond donors (Lipinski definition) is 2. The van der Waals surface area contributed by atoms with Crippen LogP contribution in [0.2, 0.25) is 0 Å². The molecule has 0 aromatic carbocycles. The maximum absolute atomic E-state index is 8.36. The molecule has 0 fully saturated rings. The summed E-state index contributed by atoms with van der Waals surface area (Å²) in [4.78, 5) is 8.36. The molecule has 0 heterocycles. The van der Waals surface area contributed by atoms with Crippen LogP contribution in [0.1, 0.15) is 0 Å². The quantitative estimate of drug-likeness (QED) is 0.278. The fourth-order valence-electron chi connectivity index (χ4n) is 0. The van der Waals surface area contributed by atoms with E-state index >= 15 is 0 Å². The van der Waals surface area contributed by atoms with Crippen molar-refractivity contribution in [1.29, 1.82) is 0 Å². The second kappa shape index (κ2) is 8.83. The average molecular weight is 155 g/mol. The third-order valence-electron chi connectivity index (χ3n) is 0. The third-order valence-corrected chi connectivity index (χ3v) is 0. The van der Waals surface area contributed by atoms with E-state index in [4.69, 9.17) is 15.3 Å². The molecule has 0 rings (SSSR count). The summed E-state index contributed by atoms with van der Waals surface area (Å²) in [5.41, 5.74) is 0. The first kappa shape index (κ1) is 17.2. The molecule has 0 aliphatic carbocycles. The predicted molar refractivity (Wildman–Crippen MR) is 19.6 cm³/mol. The molecular weight excluding hydrogens is 151 g/mol. The van der Waals surface area contributed by atoms with E-state index in [0.29, 0.717) is 0 Å². The van der Waals surface area contributed by atoms with Crippen molar-refractivity contribution in [2.45, 2.75) is 0 Å². The van der Waals surface area contributed by atoms with Crippen LogP contribution in [0.15, 0.2) is 0 Å². The van der Waals surface area contributed by atoms with Gasteiger partial charge in [-0.1, -0.05) is 0 Å². The van der Waals surface area contributed by atoms with Gasteiger partial charge in [-0.3, -0.25) is 0 Å². The molecule has 5 nitrogen and oxygen atoms in total. The Bertz CT molecular complexity index is 31.8. The van der Waals surface area contributed by atoms with Gasteiger partial charge >= 0.3 is 0 Å². The Kier molecular flexibility index (Phi) is 25.3. The van der Waals surface area contributed by atoms with Crippen LogP contribution in [-0.4, -0.2) is 28.2 Å². The molecule has 6 heteroatoms. The van der Waals surface area contributed by atoms with Gasteiger partial charge in [0.2, 0.25) is 0 Å². The molecule has 0 atom stereocenters. The first-order chi connectivity index (χ1) is 1.73. The van der Waals surface area contributed by atoms with E-state index in [1.807, 2.05) is 0 Å². The summed E-state index contributed by atoms with van der Waals surface area (Å²) < 4.78 is 0. The van der Waals surface area contributed by atoms with E-state index in [-0.39, 0.29) is 24.1 Å². The minimum atomic E-state index is -1.50.